The number of likely N-dealkylation sites (tertiary alicyclic amines) is 1. The molecule has 0 radical (unpaired) electrons. The van der Waals surface area contributed by atoms with Gasteiger partial charge in [-0.15, -0.1) is 17.5 Å². The molecular weight excluding hydrogens is 328 g/mol. The van der Waals surface area contributed by atoms with E-state index in [4.69, 9.17) is 5.73 Å². The molecule has 0 aliphatic carbocycles. The summed E-state index contributed by atoms with van der Waals surface area (Å²) in [6.45, 7) is 9.25. The molecule has 0 bridgehead atoms. The van der Waals surface area contributed by atoms with Crippen LogP contribution in [0.4, 0.5) is 0 Å². The summed E-state index contributed by atoms with van der Waals surface area (Å²) < 4.78 is 1.91. The molecule has 1 aliphatic heterocycles. The molecule has 138 valence electrons. The second kappa shape index (κ2) is 9.34. The van der Waals surface area contributed by atoms with Gasteiger partial charge in [0.2, 0.25) is 5.91 Å². The quantitative estimate of drug-likeness (QED) is 0.799. The number of nitrogens with one attached hydrogen (secondary N) is 1. The van der Waals surface area contributed by atoms with Crippen molar-refractivity contribution in [2.24, 2.45) is 5.73 Å². The lowest BCUT2D eigenvalue weighted by molar-refractivity contribution is -0.121. The molecule has 1 unspecified atom stereocenters. The van der Waals surface area contributed by atoms with E-state index in [1.54, 1.807) is 0 Å². The summed E-state index contributed by atoms with van der Waals surface area (Å²) in [5.74, 6) is 0.0386. The number of carbonyl (C=O) groups excluding carboxylic acids is 1. The van der Waals surface area contributed by atoms with Crippen molar-refractivity contribution >= 4 is 18.3 Å². The molecule has 7 nitrogen and oxygen atoms in total. The van der Waals surface area contributed by atoms with Crippen LogP contribution in [0.15, 0.2) is 6.20 Å². The molecular formula is C16H31ClN6O. The monoisotopic (exact) mass is 358 g/mol. The second-order valence-corrected chi connectivity index (χ2v) is 7.29. The number of carbonyl (C=O) groups is 1. The Hall–Kier alpha value is -1.18. The molecule has 1 aromatic heterocycles. The average molecular weight is 359 g/mol. The van der Waals surface area contributed by atoms with Gasteiger partial charge in [0.15, 0.2) is 0 Å². The Labute approximate surface area is 150 Å². The number of halogens is 1. The molecule has 1 fully saturated rings. The molecule has 2 rings (SSSR count). The van der Waals surface area contributed by atoms with Crippen LogP contribution in [0.3, 0.4) is 0 Å². The Morgan fingerprint density at radius 2 is 2.17 bits per heavy atom. The molecule has 1 atom stereocenters. The summed E-state index contributed by atoms with van der Waals surface area (Å²) in [5, 5.41) is 11.5. The SMILES string of the molecule is CC(C)(C)n1cc(CN2CCCCC2CNC(=O)CCN)nn1.Cl. The fraction of sp³-hybridized carbons (Fsp3) is 0.812. The van der Waals surface area contributed by atoms with Gasteiger partial charge in [-0.1, -0.05) is 11.6 Å². The van der Waals surface area contributed by atoms with E-state index in [2.05, 4.69) is 41.3 Å². The first-order valence-electron chi connectivity index (χ1n) is 8.52. The first-order valence-corrected chi connectivity index (χ1v) is 8.52. The zero-order valence-electron chi connectivity index (χ0n) is 15.0. The van der Waals surface area contributed by atoms with Crippen LogP contribution in [-0.2, 0) is 16.9 Å². The summed E-state index contributed by atoms with van der Waals surface area (Å²) in [6, 6.07) is 0.366. The lowest BCUT2D eigenvalue weighted by Gasteiger charge is -2.35. The van der Waals surface area contributed by atoms with Crippen LogP contribution in [0.1, 0.15) is 52.1 Å². The predicted molar refractivity (Wildman–Crippen MR) is 97.0 cm³/mol. The summed E-state index contributed by atoms with van der Waals surface area (Å²) in [6.07, 6.45) is 5.94. The first kappa shape index (κ1) is 20.9. The Bertz CT molecular complexity index is 513. The lowest BCUT2D eigenvalue weighted by Crippen LogP contribution is -2.46. The number of hydrogen-bond donors (Lipinski definition) is 2. The molecule has 1 saturated heterocycles. The number of hydrogen-bond acceptors (Lipinski definition) is 5. The summed E-state index contributed by atoms with van der Waals surface area (Å²) in [7, 11) is 0. The van der Waals surface area contributed by atoms with Crippen molar-refractivity contribution in [3.8, 4) is 0 Å². The summed E-state index contributed by atoms with van der Waals surface area (Å²) >= 11 is 0. The molecule has 8 heteroatoms. The van der Waals surface area contributed by atoms with E-state index >= 15 is 0 Å². The predicted octanol–water partition coefficient (Wildman–Crippen LogP) is 1.27. The van der Waals surface area contributed by atoms with E-state index in [0.29, 0.717) is 25.6 Å². The number of nitrogens with zero attached hydrogens (tertiary/aromatic N) is 4. The smallest absolute Gasteiger partial charge is 0.221 e. The molecule has 1 aromatic rings. The Balaban J connectivity index is 0.00000288. The van der Waals surface area contributed by atoms with Gasteiger partial charge in [-0.2, -0.15) is 0 Å². The molecule has 3 N–H and O–H groups in total. The van der Waals surface area contributed by atoms with Crippen molar-refractivity contribution in [2.45, 2.75) is 64.6 Å². The highest BCUT2D eigenvalue weighted by atomic mass is 35.5. The molecule has 0 aromatic carbocycles. The fourth-order valence-corrected chi connectivity index (χ4v) is 2.86. The molecule has 0 saturated carbocycles. The lowest BCUT2D eigenvalue weighted by atomic mass is 10.0. The van der Waals surface area contributed by atoms with Crippen LogP contribution in [0.5, 0.6) is 0 Å². The highest BCUT2D eigenvalue weighted by Gasteiger charge is 2.24. The van der Waals surface area contributed by atoms with E-state index < -0.39 is 0 Å². The van der Waals surface area contributed by atoms with Gasteiger partial charge in [-0.05, 0) is 40.2 Å². The minimum atomic E-state index is -0.0528. The summed E-state index contributed by atoms with van der Waals surface area (Å²) in [4.78, 5) is 14.0. The minimum absolute atomic E-state index is 0. The Morgan fingerprint density at radius 1 is 1.42 bits per heavy atom. The van der Waals surface area contributed by atoms with Crippen molar-refractivity contribution in [2.75, 3.05) is 19.6 Å². The average Bonchev–Trinajstić information content (AvgIpc) is 2.95. The van der Waals surface area contributed by atoms with Crippen LogP contribution >= 0.6 is 12.4 Å². The maximum absolute atomic E-state index is 11.6. The van der Waals surface area contributed by atoms with Crippen LogP contribution in [0.2, 0.25) is 0 Å². The topological polar surface area (TPSA) is 89.1 Å². The van der Waals surface area contributed by atoms with Gasteiger partial charge < -0.3 is 11.1 Å². The molecule has 1 amide bonds. The zero-order chi connectivity index (χ0) is 16.9. The number of piperidine rings is 1. The number of aromatic nitrogens is 3. The van der Waals surface area contributed by atoms with E-state index in [1.165, 1.54) is 12.8 Å². The highest BCUT2D eigenvalue weighted by molar-refractivity contribution is 5.85. The van der Waals surface area contributed by atoms with Crippen molar-refractivity contribution < 1.29 is 4.79 Å². The van der Waals surface area contributed by atoms with Crippen molar-refractivity contribution in [3.05, 3.63) is 11.9 Å². The zero-order valence-corrected chi connectivity index (χ0v) is 15.8. The summed E-state index contributed by atoms with van der Waals surface area (Å²) in [5.41, 5.74) is 6.35. The van der Waals surface area contributed by atoms with Gasteiger partial charge in [0.1, 0.15) is 0 Å². The third kappa shape index (κ3) is 6.03. The Morgan fingerprint density at radius 3 is 2.79 bits per heavy atom. The van der Waals surface area contributed by atoms with E-state index in [9.17, 15) is 4.79 Å². The van der Waals surface area contributed by atoms with Gasteiger partial charge in [-0.3, -0.25) is 9.69 Å². The normalized spacial score (nSPS) is 18.9. The highest BCUT2D eigenvalue weighted by Crippen LogP contribution is 2.19. The standard InChI is InChI=1S/C16H30N6O.ClH/c1-16(2,3)22-12-13(19-20-22)11-21-9-5-4-6-14(21)10-18-15(23)7-8-17;/h12,14H,4-11,17H2,1-3H3,(H,18,23);1H. The largest absolute Gasteiger partial charge is 0.354 e. The van der Waals surface area contributed by atoms with Gasteiger partial charge in [0, 0.05) is 32.1 Å². The van der Waals surface area contributed by atoms with E-state index in [-0.39, 0.29) is 23.9 Å². The molecule has 0 spiro atoms. The number of rotatable bonds is 6. The third-order valence-corrected chi connectivity index (χ3v) is 4.25. The molecule has 1 aliphatic rings. The van der Waals surface area contributed by atoms with Crippen molar-refractivity contribution in [3.63, 3.8) is 0 Å². The fourth-order valence-electron chi connectivity index (χ4n) is 2.86. The van der Waals surface area contributed by atoms with Crippen LogP contribution in [0, 0.1) is 0 Å². The van der Waals surface area contributed by atoms with E-state index in [0.717, 1.165) is 25.2 Å². The maximum Gasteiger partial charge on any atom is 0.221 e. The third-order valence-electron chi connectivity index (χ3n) is 4.25. The van der Waals surface area contributed by atoms with Gasteiger partial charge in [-0.25, -0.2) is 4.68 Å². The number of nitrogens with two attached hydrogens (primary N) is 1. The van der Waals surface area contributed by atoms with Crippen LogP contribution < -0.4 is 11.1 Å². The van der Waals surface area contributed by atoms with E-state index in [1.807, 2.05) is 10.9 Å². The molecule has 24 heavy (non-hydrogen) atoms. The molecule has 2 heterocycles. The maximum atomic E-state index is 11.6. The second-order valence-electron chi connectivity index (χ2n) is 7.29. The number of amides is 1. The van der Waals surface area contributed by atoms with Gasteiger partial charge >= 0.3 is 0 Å². The van der Waals surface area contributed by atoms with Gasteiger partial charge in [0.25, 0.3) is 0 Å². The first-order chi connectivity index (χ1) is 10.9. The van der Waals surface area contributed by atoms with Gasteiger partial charge in [0.05, 0.1) is 17.4 Å². The van der Waals surface area contributed by atoms with Crippen molar-refractivity contribution in [1.82, 2.24) is 25.2 Å². The van der Waals surface area contributed by atoms with Crippen molar-refractivity contribution in [1.29, 1.82) is 0 Å². The minimum Gasteiger partial charge on any atom is -0.354 e. The van der Waals surface area contributed by atoms with Crippen LogP contribution in [0.25, 0.3) is 0 Å². The Kier molecular flexibility index (Phi) is 8.12. The van der Waals surface area contributed by atoms with Crippen LogP contribution in [-0.4, -0.2) is 51.5 Å².